The van der Waals surface area contributed by atoms with Gasteiger partial charge in [-0.1, -0.05) is 0 Å². The minimum absolute atomic E-state index is 0.152. The molecule has 120 valence electrons. The van der Waals surface area contributed by atoms with Crippen LogP contribution in [0.5, 0.6) is 0 Å². The number of hydrogen-bond donors (Lipinski definition) is 2. The molecule has 1 aliphatic rings. The van der Waals surface area contributed by atoms with Gasteiger partial charge in [-0.15, -0.1) is 0 Å². The zero-order chi connectivity index (χ0) is 16.4. The van der Waals surface area contributed by atoms with Crippen molar-refractivity contribution in [1.82, 2.24) is 15.2 Å². The van der Waals surface area contributed by atoms with Gasteiger partial charge in [-0.05, 0) is 51.2 Å². The maximum Gasteiger partial charge on any atom is 0.261 e. The van der Waals surface area contributed by atoms with Crippen molar-refractivity contribution in [2.45, 2.75) is 46.1 Å². The van der Waals surface area contributed by atoms with Crippen molar-refractivity contribution in [3.05, 3.63) is 32.7 Å². The molecule has 1 atom stereocenters. The van der Waals surface area contributed by atoms with E-state index < -0.39 is 6.04 Å². The first-order valence-electron chi connectivity index (χ1n) is 7.61. The Kier molecular flexibility index (Phi) is 4.68. The number of aryl methyl sites for hydroxylation is 1. The SMILES string of the molecule is CNC(=O)[C@@H]1CCCCN1C(=O)c1c(C)c(C)c(C)[nH]c1=O. The fourth-order valence-corrected chi connectivity index (χ4v) is 2.98. The minimum Gasteiger partial charge on any atom is -0.357 e. The van der Waals surface area contributed by atoms with Gasteiger partial charge in [-0.2, -0.15) is 0 Å². The fourth-order valence-electron chi connectivity index (χ4n) is 2.98. The third-order valence-electron chi connectivity index (χ3n) is 4.55. The zero-order valence-corrected chi connectivity index (χ0v) is 13.6. The number of rotatable bonds is 2. The van der Waals surface area contributed by atoms with Crippen LogP contribution < -0.4 is 10.9 Å². The summed E-state index contributed by atoms with van der Waals surface area (Å²) < 4.78 is 0. The molecule has 2 amide bonds. The molecule has 6 nitrogen and oxygen atoms in total. The summed E-state index contributed by atoms with van der Waals surface area (Å²) in [7, 11) is 1.56. The molecule has 1 aliphatic heterocycles. The molecule has 1 aromatic heterocycles. The molecule has 0 aromatic carbocycles. The molecule has 0 radical (unpaired) electrons. The molecular weight excluding hydrogens is 282 g/mol. The molecular formula is C16H23N3O3. The smallest absolute Gasteiger partial charge is 0.261 e. The molecule has 2 rings (SSSR count). The summed E-state index contributed by atoms with van der Waals surface area (Å²) in [4.78, 5) is 41.4. The van der Waals surface area contributed by atoms with E-state index in [1.54, 1.807) is 14.0 Å². The molecule has 2 heterocycles. The van der Waals surface area contributed by atoms with Crippen LogP contribution in [0.3, 0.4) is 0 Å². The Morgan fingerprint density at radius 2 is 1.86 bits per heavy atom. The maximum absolute atomic E-state index is 12.9. The predicted octanol–water partition coefficient (Wildman–Crippen LogP) is 1.04. The zero-order valence-electron chi connectivity index (χ0n) is 13.6. The second-order valence-corrected chi connectivity index (χ2v) is 5.83. The Morgan fingerprint density at radius 1 is 1.18 bits per heavy atom. The highest BCUT2D eigenvalue weighted by Gasteiger charge is 2.34. The van der Waals surface area contributed by atoms with Gasteiger partial charge < -0.3 is 15.2 Å². The van der Waals surface area contributed by atoms with E-state index in [-0.39, 0.29) is 22.9 Å². The van der Waals surface area contributed by atoms with E-state index in [0.29, 0.717) is 18.5 Å². The molecule has 1 aromatic rings. The monoisotopic (exact) mass is 305 g/mol. The second kappa shape index (κ2) is 6.34. The van der Waals surface area contributed by atoms with Crippen LogP contribution in [0.4, 0.5) is 0 Å². The van der Waals surface area contributed by atoms with Gasteiger partial charge in [0.05, 0.1) is 0 Å². The first-order valence-corrected chi connectivity index (χ1v) is 7.61. The average Bonchev–Trinajstić information content (AvgIpc) is 2.51. The van der Waals surface area contributed by atoms with E-state index >= 15 is 0 Å². The third-order valence-corrected chi connectivity index (χ3v) is 4.55. The molecule has 0 aliphatic carbocycles. The van der Waals surface area contributed by atoms with Crippen LogP contribution in [0.1, 0.15) is 46.4 Å². The van der Waals surface area contributed by atoms with Gasteiger partial charge in [0.1, 0.15) is 11.6 Å². The minimum atomic E-state index is -0.494. The van der Waals surface area contributed by atoms with Crippen molar-refractivity contribution in [3.8, 4) is 0 Å². The number of piperidine rings is 1. The summed E-state index contributed by atoms with van der Waals surface area (Å²) in [6.45, 7) is 5.97. The fraction of sp³-hybridized carbons (Fsp3) is 0.562. The van der Waals surface area contributed by atoms with E-state index in [1.165, 1.54) is 4.90 Å². The normalized spacial score (nSPS) is 18.2. The predicted molar refractivity (Wildman–Crippen MR) is 84.0 cm³/mol. The number of pyridine rings is 1. The van der Waals surface area contributed by atoms with Crippen LogP contribution in [-0.2, 0) is 4.79 Å². The third kappa shape index (κ3) is 2.77. The van der Waals surface area contributed by atoms with Crippen LogP contribution in [0.25, 0.3) is 0 Å². The largest absolute Gasteiger partial charge is 0.357 e. The summed E-state index contributed by atoms with van der Waals surface area (Å²) in [5.74, 6) is -0.527. The van der Waals surface area contributed by atoms with Gasteiger partial charge >= 0.3 is 0 Å². The van der Waals surface area contributed by atoms with Gasteiger partial charge in [-0.3, -0.25) is 14.4 Å². The van der Waals surface area contributed by atoms with E-state index in [9.17, 15) is 14.4 Å². The van der Waals surface area contributed by atoms with Gasteiger partial charge in [0.2, 0.25) is 5.91 Å². The van der Waals surface area contributed by atoms with Crippen molar-refractivity contribution >= 4 is 11.8 Å². The first kappa shape index (κ1) is 16.3. The number of likely N-dealkylation sites (tertiary alicyclic amines) is 1. The quantitative estimate of drug-likeness (QED) is 0.856. The Morgan fingerprint density at radius 3 is 2.50 bits per heavy atom. The Balaban J connectivity index is 2.44. The van der Waals surface area contributed by atoms with Crippen molar-refractivity contribution in [3.63, 3.8) is 0 Å². The highest BCUT2D eigenvalue weighted by molar-refractivity contribution is 5.98. The van der Waals surface area contributed by atoms with Crippen molar-refractivity contribution in [2.24, 2.45) is 0 Å². The standard InChI is InChI=1S/C16H23N3O3/c1-9-10(2)13(15(21)18-11(9)3)16(22)19-8-6-5-7-12(19)14(20)17-4/h12H,5-8H2,1-4H3,(H,17,20)(H,18,21)/t12-/m0/s1. The van der Waals surface area contributed by atoms with Gasteiger partial charge in [0.25, 0.3) is 11.5 Å². The summed E-state index contributed by atoms with van der Waals surface area (Å²) >= 11 is 0. The molecule has 1 saturated heterocycles. The van der Waals surface area contributed by atoms with E-state index in [0.717, 1.165) is 24.1 Å². The number of aromatic amines is 1. The van der Waals surface area contributed by atoms with Crippen LogP contribution in [-0.4, -0.2) is 41.3 Å². The van der Waals surface area contributed by atoms with Gasteiger partial charge in [-0.25, -0.2) is 0 Å². The lowest BCUT2D eigenvalue weighted by Crippen LogP contribution is -2.52. The van der Waals surface area contributed by atoms with Gasteiger partial charge in [0, 0.05) is 19.3 Å². The lowest BCUT2D eigenvalue weighted by Gasteiger charge is -2.34. The number of aromatic nitrogens is 1. The van der Waals surface area contributed by atoms with Crippen molar-refractivity contribution in [1.29, 1.82) is 0 Å². The molecule has 0 bridgehead atoms. The molecule has 22 heavy (non-hydrogen) atoms. The van der Waals surface area contributed by atoms with Gasteiger partial charge in [0.15, 0.2) is 0 Å². The highest BCUT2D eigenvalue weighted by Crippen LogP contribution is 2.21. The van der Waals surface area contributed by atoms with Crippen molar-refractivity contribution < 1.29 is 9.59 Å². The first-order chi connectivity index (χ1) is 10.4. The number of amides is 2. The summed E-state index contributed by atoms with van der Waals surface area (Å²) in [5, 5.41) is 2.60. The number of H-pyrrole nitrogens is 1. The highest BCUT2D eigenvalue weighted by atomic mass is 16.2. The summed E-state index contributed by atoms with van der Waals surface area (Å²) in [6.07, 6.45) is 2.39. The van der Waals surface area contributed by atoms with Crippen LogP contribution >= 0.6 is 0 Å². The van der Waals surface area contributed by atoms with E-state index in [1.807, 2.05) is 13.8 Å². The summed E-state index contributed by atoms with van der Waals surface area (Å²) in [6, 6.07) is -0.494. The molecule has 0 unspecified atom stereocenters. The molecule has 6 heteroatoms. The average molecular weight is 305 g/mol. The van der Waals surface area contributed by atoms with Crippen molar-refractivity contribution in [2.75, 3.05) is 13.6 Å². The molecule has 1 fully saturated rings. The lowest BCUT2D eigenvalue weighted by molar-refractivity contribution is -0.126. The van der Waals surface area contributed by atoms with Crippen LogP contribution in [0.2, 0.25) is 0 Å². The summed E-state index contributed by atoms with van der Waals surface area (Å²) in [5.41, 5.74) is 2.12. The number of nitrogens with one attached hydrogen (secondary N) is 2. The lowest BCUT2D eigenvalue weighted by atomic mass is 9.98. The number of likely N-dealkylation sites (N-methyl/N-ethyl adjacent to an activating group) is 1. The maximum atomic E-state index is 12.9. The second-order valence-electron chi connectivity index (χ2n) is 5.83. The Hall–Kier alpha value is -2.11. The number of hydrogen-bond acceptors (Lipinski definition) is 3. The van der Waals surface area contributed by atoms with Crippen LogP contribution in [0.15, 0.2) is 4.79 Å². The topological polar surface area (TPSA) is 82.3 Å². The number of carbonyl (C=O) groups is 2. The molecule has 0 spiro atoms. The van der Waals surface area contributed by atoms with Crippen LogP contribution in [0, 0.1) is 20.8 Å². The number of carbonyl (C=O) groups excluding carboxylic acids is 2. The Labute approximate surface area is 129 Å². The van der Waals surface area contributed by atoms with E-state index in [4.69, 9.17) is 0 Å². The van der Waals surface area contributed by atoms with E-state index in [2.05, 4.69) is 10.3 Å². The number of nitrogens with zero attached hydrogens (tertiary/aromatic N) is 1. The molecule has 0 saturated carbocycles. The molecule has 2 N–H and O–H groups in total. The Bertz CT molecular complexity index is 663.